The summed E-state index contributed by atoms with van der Waals surface area (Å²) >= 11 is 12.1. The highest BCUT2D eigenvalue weighted by Gasteiger charge is 2.09. The standard InChI is InChI=1S/C17H12Cl2O/c18-11-14-6-3-7-16(19)17(14)20-15-9-8-12-4-1-2-5-13(12)10-15/h1-10H,11H2. The lowest BCUT2D eigenvalue weighted by molar-refractivity contribution is 0.479. The first kappa shape index (κ1) is 13.3. The summed E-state index contributed by atoms with van der Waals surface area (Å²) in [5.41, 5.74) is 0.882. The maximum absolute atomic E-state index is 6.19. The zero-order chi connectivity index (χ0) is 13.9. The molecule has 0 saturated carbocycles. The van der Waals surface area contributed by atoms with Gasteiger partial charge in [-0.25, -0.2) is 0 Å². The van der Waals surface area contributed by atoms with Crippen molar-refractivity contribution >= 4 is 34.0 Å². The van der Waals surface area contributed by atoms with Gasteiger partial charge >= 0.3 is 0 Å². The summed E-state index contributed by atoms with van der Waals surface area (Å²) in [6, 6.07) is 19.7. The summed E-state index contributed by atoms with van der Waals surface area (Å²) in [4.78, 5) is 0. The van der Waals surface area contributed by atoms with Crippen molar-refractivity contribution in [1.29, 1.82) is 0 Å². The fraction of sp³-hybridized carbons (Fsp3) is 0.0588. The monoisotopic (exact) mass is 302 g/mol. The highest BCUT2D eigenvalue weighted by molar-refractivity contribution is 6.32. The molecule has 100 valence electrons. The van der Waals surface area contributed by atoms with E-state index < -0.39 is 0 Å². The number of halogens is 2. The highest BCUT2D eigenvalue weighted by Crippen LogP contribution is 2.34. The maximum atomic E-state index is 6.19. The quantitative estimate of drug-likeness (QED) is 0.537. The lowest BCUT2D eigenvalue weighted by Crippen LogP contribution is -1.90. The van der Waals surface area contributed by atoms with Gasteiger partial charge in [-0.2, -0.15) is 0 Å². The van der Waals surface area contributed by atoms with Gasteiger partial charge in [-0.05, 0) is 29.0 Å². The minimum Gasteiger partial charge on any atom is -0.455 e. The van der Waals surface area contributed by atoms with E-state index in [1.54, 1.807) is 6.07 Å². The number of hydrogen-bond donors (Lipinski definition) is 0. The number of fused-ring (bicyclic) bond motifs is 1. The molecule has 0 aliphatic rings. The Kier molecular flexibility index (Phi) is 3.81. The fourth-order valence-electron chi connectivity index (χ4n) is 2.12. The first-order valence-corrected chi connectivity index (χ1v) is 7.19. The second kappa shape index (κ2) is 5.74. The molecule has 3 heteroatoms. The van der Waals surface area contributed by atoms with Gasteiger partial charge in [0.05, 0.1) is 10.9 Å². The smallest absolute Gasteiger partial charge is 0.150 e. The van der Waals surface area contributed by atoms with E-state index in [4.69, 9.17) is 27.9 Å². The van der Waals surface area contributed by atoms with Crippen molar-refractivity contribution in [3.8, 4) is 11.5 Å². The van der Waals surface area contributed by atoms with Crippen LogP contribution in [0.5, 0.6) is 11.5 Å². The number of benzene rings is 3. The topological polar surface area (TPSA) is 9.23 Å². The lowest BCUT2D eigenvalue weighted by Gasteiger charge is -2.12. The number of hydrogen-bond acceptors (Lipinski definition) is 1. The molecule has 0 N–H and O–H groups in total. The van der Waals surface area contributed by atoms with E-state index in [2.05, 4.69) is 12.1 Å². The van der Waals surface area contributed by atoms with Gasteiger partial charge in [-0.15, -0.1) is 11.6 Å². The molecule has 0 fully saturated rings. The molecule has 3 aromatic rings. The minimum absolute atomic E-state index is 0.365. The first-order chi connectivity index (χ1) is 9.78. The minimum atomic E-state index is 0.365. The Morgan fingerprint density at radius 1 is 0.850 bits per heavy atom. The molecule has 0 amide bonds. The van der Waals surface area contributed by atoms with Crippen LogP contribution in [0.3, 0.4) is 0 Å². The van der Waals surface area contributed by atoms with Gasteiger partial charge in [-0.3, -0.25) is 0 Å². The van der Waals surface area contributed by atoms with Crippen LogP contribution in [0.15, 0.2) is 60.7 Å². The molecule has 0 heterocycles. The molecular weight excluding hydrogens is 291 g/mol. The van der Waals surface area contributed by atoms with Gasteiger partial charge in [0.2, 0.25) is 0 Å². The fourth-order valence-corrected chi connectivity index (χ4v) is 2.56. The molecular formula is C17H12Cl2O. The zero-order valence-electron chi connectivity index (χ0n) is 10.6. The van der Waals surface area contributed by atoms with Gasteiger partial charge in [0, 0.05) is 5.56 Å². The van der Waals surface area contributed by atoms with E-state index in [1.807, 2.05) is 42.5 Å². The van der Waals surface area contributed by atoms with Crippen molar-refractivity contribution in [1.82, 2.24) is 0 Å². The molecule has 3 aromatic carbocycles. The second-order valence-corrected chi connectivity index (χ2v) is 5.15. The van der Waals surface area contributed by atoms with Crippen LogP contribution in [0.25, 0.3) is 10.8 Å². The Balaban J connectivity index is 2.01. The zero-order valence-corrected chi connectivity index (χ0v) is 12.2. The van der Waals surface area contributed by atoms with Crippen molar-refractivity contribution < 1.29 is 4.74 Å². The highest BCUT2D eigenvalue weighted by atomic mass is 35.5. The Labute approximate surface area is 127 Å². The van der Waals surface area contributed by atoms with Gasteiger partial charge in [0.1, 0.15) is 11.5 Å². The van der Waals surface area contributed by atoms with E-state index in [0.29, 0.717) is 16.7 Å². The van der Waals surface area contributed by atoms with Gasteiger partial charge < -0.3 is 4.74 Å². The molecule has 0 aliphatic carbocycles. The molecule has 0 spiro atoms. The SMILES string of the molecule is ClCc1cccc(Cl)c1Oc1ccc2ccccc2c1. The van der Waals surface area contributed by atoms with Crippen molar-refractivity contribution in [2.45, 2.75) is 5.88 Å². The molecule has 0 unspecified atom stereocenters. The number of ether oxygens (including phenoxy) is 1. The third-order valence-electron chi connectivity index (χ3n) is 3.13. The van der Waals surface area contributed by atoms with Gasteiger partial charge in [0.25, 0.3) is 0 Å². The predicted octanol–water partition coefficient (Wildman–Crippen LogP) is 6.02. The van der Waals surface area contributed by atoms with Gasteiger partial charge in [-0.1, -0.05) is 54.1 Å². The summed E-state index contributed by atoms with van der Waals surface area (Å²) < 4.78 is 5.92. The molecule has 0 radical (unpaired) electrons. The maximum Gasteiger partial charge on any atom is 0.150 e. The van der Waals surface area contributed by atoms with Crippen LogP contribution in [-0.4, -0.2) is 0 Å². The molecule has 20 heavy (non-hydrogen) atoms. The Bertz CT molecular complexity index is 753. The predicted molar refractivity (Wildman–Crippen MR) is 85.0 cm³/mol. The number of para-hydroxylation sites is 1. The summed E-state index contributed by atoms with van der Waals surface area (Å²) in [5, 5.41) is 2.87. The Morgan fingerprint density at radius 3 is 2.45 bits per heavy atom. The van der Waals surface area contributed by atoms with E-state index in [9.17, 15) is 0 Å². The molecule has 0 aliphatic heterocycles. The Hall–Kier alpha value is -1.70. The average molecular weight is 303 g/mol. The number of rotatable bonds is 3. The summed E-state index contributed by atoms with van der Waals surface area (Å²) in [6.07, 6.45) is 0. The summed E-state index contributed by atoms with van der Waals surface area (Å²) in [6.45, 7) is 0. The summed E-state index contributed by atoms with van der Waals surface area (Å²) in [5.74, 6) is 1.74. The average Bonchev–Trinajstić information content (AvgIpc) is 2.49. The third kappa shape index (κ3) is 2.60. The van der Waals surface area contributed by atoms with Crippen molar-refractivity contribution in [3.63, 3.8) is 0 Å². The Morgan fingerprint density at radius 2 is 1.65 bits per heavy atom. The van der Waals surface area contributed by atoms with Crippen LogP contribution in [0.4, 0.5) is 0 Å². The lowest BCUT2D eigenvalue weighted by atomic mass is 10.1. The number of alkyl halides is 1. The van der Waals surface area contributed by atoms with E-state index in [0.717, 1.165) is 16.7 Å². The van der Waals surface area contributed by atoms with Crippen LogP contribution in [0.1, 0.15) is 5.56 Å². The molecule has 0 atom stereocenters. The van der Waals surface area contributed by atoms with E-state index >= 15 is 0 Å². The van der Waals surface area contributed by atoms with Crippen molar-refractivity contribution in [2.75, 3.05) is 0 Å². The van der Waals surface area contributed by atoms with Crippen LogP contribution < -0.4 is 4.74 Å². The summed E-state index contributed by atoms with van der Waals surface area (Å²) in [7, 11) is 0. The molecule has 3 rings (SSSR count). The van der Waals surface area contributed by atoms with Crippen LogP contribution >= 0.6 is 23.2 Å². The molecule has 1 nitrogen and oxygen atoms in total. The van der Waals surface area contributed by atoms with Crippen molar-refractivity contribution in [3.05, 3.63) is 71.2 Å². The van der Waals surface area contributed by atoms with Crippen molar-refractivity contribution in [2.24, 2.45) is 0 Å². The van der Waals surface area contributed by atoms with E-state index in [1.165, 1.54) is 5.39 Å². The van der Waals surface area contributed by atoms with E-state index in [-0.39, 0.29) is 0 Å². The molecule has 0 bridgehead atoms. The van der Waals surface area contributed by atoms with Crippen LogP contribution in [0, 0.1) is 0 Å². The second-order valence-electron chi connectivity index (χ2n) is 4.47. The molecule has 0 saturated heterocycles. The van der Waals surface area contributed by atoms with Gasteiger partial charge in [0.15, 0.2) is 0 Å². The molecule has 0 aromatic heterocycles. The van der Waals surface area contributed by atoms with Crippen LogP contribution in [-0.2, 0) is 5.88 Å². The third-order valence-corrected chi connectivity index (χ3v) is 3.72. The largest absolute Gasteiger partial charge is 0.455 e. The normalized spacial score (nSPS) is 10.7. The van der Waals surface area contributed by atoms with Crippen LogP contribution in [0.2, 0.25) is 5.02 Å². The first-order valence-electron chi connectivity index (χ1n) is 6.28.